The second kappa shape index (κ2) is 59.0. The highest BCUT2D eigenvalue weighted by Crippen LogP contribution is 2.36. The van der Waals surface area contributed by atoms with Crippen LogP contribution in [0.15, 0.2) is 119 Å². The summed E-state index contributed by atoms with van der Waals surface area (Å²) in [5.41, 5.74) is 20.2. The number of nitrogens with zero attached hydrogens (tertiary/aromatic N) is 13. The zero-order valence-corrected chi connectivity index (χ0v) is 73.5. The van der Waals surface area contributed by atoms with Gasteiger partial charge in [0.1, 0.15) is 87.4 Å². The van der Waals surface area contributed by atoms with Crippen molar-refractivity contribution in [2.24, 2.45) is 16.0 Å². The number of amides is 12. The Hall–Kier alpha value is -16.5. The molecule has 6 aliphatic heterocycles. The van der Waals surface area contributed by atoms with Crippen molar-refractivity contribution in [1.82, 2.24) is 36.4 Å². The molecule has 3 atom stereocenters. The molecule has 716 valence electrons. The van der Waals surface area contributed by atoms with Gasteiger partial charge in [-0.3, -0.25) is 93.4 Å². The number of halogens is 2. The van der Waals surface area contributed by atoms with Crippen LogP contribution >= 0.6 is 28.3 Å². The van der Waals surface area contributed by atoms with E-state index in [9.17, 15) is 91.9 Å². The van der Waals surface area contributed by atoms with Crippen molar-refractivity contribution in [3.63, 3.8) is 0 Å². The summed E-state index contributed by atoms with van der Waals surface area (Å²) in [6.45, 7) is 5.64. The molecule has 6 aromatic rings. The first-order valence-corrected chi connectivity index (χ1v) is 40.6. The normalized spacial score (nSPS) is 14.8. The molecular formula is C83H83BrClN19O32. The average molecular weight is 1970 g/mol. The molecule has 3 unspecified atom stereocenters. The number of nitro groups is 1. The van der Waals surface area contributed by atoms with Crippen LogP contribution in [0.25, 0.3) is 20.9 Å². The number of fused-ring (bicyclic) bond motifs is 3. The monoisotopic (exact) mass is 1970 g/mol. The number of nitrogens with one attached hydrogen (secondary N) is 5. The number of phenolic OH excluding ortho intramolecular Hbond substituents is 3. The number of carboxylic acids is 2. The van der Waals surface area contributed by atoms with Crippen LogP contribution in [0.4, 0.5) is 5.69 Å². The number of nitrogens with two attached hydrogens (primary N) is 1. The van der Waals surface area contributed by atoms with Crippen molar-refractivity contribution in [2.75, 3.05) is 117 Å². The number of nitriles is 4. The van der Waals surface area contributed by atoms with Gasteiger partial charge in [0, 0.05) is 61.3 Å². The maximum atomic E-state index is 13.0. The molecule has 3 fully saturated rings. The number of rotatable bonds is 33. The molecule has 0 bridgehead atoms. The lowest BCUT2D eigenvalue weighted by Gasteiger charge is -2.27. The highest BCUT2D eigenvalue weighted by atomic mass is 79.9. The molecule has 0 spiro atoms. The van der Waals surface area contributed by atoms with E-state index in [0.29, 0.717) is 104 Å². The average Bonchev–Trinajstić information content (AvgIpc) is 1.61. The number of cyclic esters (lactones) is 2. The van der Waals surface area contributed by atoms with Gasteiger partial charge in [0.25, 0.3) is 35.2 Å². The quantitative estimate of drug-likeness (QED) is 0.00267. The number of hydrogen-bond donors (Lipinski definition) is 12. The standard InChI is InChI=1S/C23H28N6O9.C13H10N2O5.C10H19BrN4O4.C8H3N3O2.C8H4N2O.C8H6O5.C8H4O4.C5H8N2O2.ClH/c24-28-26-7-9-36-11-13-37-12-10-35-8-6-25-19(31)14-38-17-3-1-2-15-20(17)23(34)29(22(15)33)16-4-5-18(30)27-21(16)32;16-8-3-1-2-6-10(8)13(20)15(12(6)19)7-4-5-9(17)14-11(7)18;11-9-10(16)13-1-3-17-5-7-19-8-6-18-4-2-14-15-12;9-4-6-2-1-3-8(11(12)13)7(6)5-10;9-4-6-2-1-3-8(11)7(6)5-10;9-5-3-1-2-4(7(10)11)6(5)8(12)13;9-5-3-1-2-4-6(5)8(11)12-7(4)10;6-3-1-2-4(8)7-5(3)9;/h1-3,16H,4-14H2,(H,25,31)(H,27,30,32);1-3,7,16H,4-5H2,(H,14,17,18);1-9H2,(H,13,16);1-3H;1-3,11H;1-3,9H,(H,10,11)(H,12,13);1-3,9H;3H,1-2,6H2,(H,7,8,9);1H. The molecule has 0 aromatic heterocycles. The molecule has 6 heterocycles. The summed E-state index contributed by atoms with van der Waals surface area (Å²) in [6, 6.07) is 29.0. The van der Waals surface area contributed by atoms with Crippen LogP contribution in [0.3, 0.4) is 0 Å². The van der Waals surface area contributed by atoms with Gasteiger partial charge in [-0.05, 0) is 97.1 Å². The number of ether oxygens (including phenoxy) is 8. The predicted octanol–water partition coefficient (Wildman–Crippen LogP) is 3.73. The third-order valence-electron chi connectivity index (χ3n) is 17.9. The van der Waals surface area contributed by atoms with Gasteiger partial charge in [0.05, 0.1) is 140 Å². The zero-order valence-electron chi connectivity index (χ0n) is 71.1. The van der Waals surface area contributed by atoms with Gasteiger partial charge >= 0.3 is 23.9 Å². The number of nitro benzene ring substituents is 1. The number of imide groups is 5. The Labute approximate surface area is 782 Å². The minimum absolute atomic E-state index is 0. The third kappa shape index (κ3) is 34.3. The maximum Gasteiger partial charge on any atom is 0.350 e. The van der Waals surface area contributed by atoms with Crippen LogP contribution in [-0.4, -0.2) is 276 Å². The molecule has 13 N–H and O–H groups in total. The summed E-state index contributed by atoms with van der Waals surface area (Å²) in [4.78, 5) is 200. The molecule has 12 amide bonds. The van der Waals surface area contributed by atoms with Crippen LogP contribution in [0.1, 0.15) is 144 Å². The lowest BCUT2D eigenvalue weighted by Crippen LogP contribution is -2.54. The zero-order chi connectivity index (χ0) is 99.6. The smallest absolute Gasteiger partial charge is 0.350 e. The number of hydrogen-bond acceptors (Lipinski definition) is 37. The topological polar surface area (TPSA) is 797 Å². The summed E-state index contributed by atoms with van der Waals surface area (Å²) in [5.74, 6) is -11.6. The fourth-order valence-corrected chi connectivity index (χ4v) is 11.9. The van der Waals surface area contributed by atoms with E-state index in [0.717, 1.165) is 21.9 Å². The summed E-state index contributed by atoms with van der Waals surface area (Å²) >= 11 is 3.04. The van der Waals surface area contributed by atoms with E-state index < -0.39 is 124 Å². The van der Waals surface area contributed by atoms with E-state index in [2.05, 4.69) is 67.3 Å². The molecule has 53 heteroatoms. The second-order valence-corrected chi connectivity index (χ2v) is 27.4. The minimum atomic E-state index is -1.46. The van der Waals surface area contributed by atoms with Gasteiger partial charge in [0.2, 0.25) is 41.4 Å². The van der Waals surface area contributed by atoms with Gasteiger partial charge in [-0.1, -0.05) is 62.6 Å². The Bertz CT molecular complexity index is 5730. The van der Waals surface area contributed by atoms with E-state index in [1.165, 1.54) is 97.1 Å². The fourth-order valence-electron chi connectivity index (χ4n) is 11.7. The molecular weight excluding hydrogens is 1890 g/mol. The summed E-state index contributed by atoms with van der Waals surface area (Å²) < 4.78 is 41.3. The van der Waals surface area contributed by atoms with Crippen molar-refractivity contribution in [3.8, 4) is 53.0 Å². The number of piperidine rings is 3. The van der Waals surface area contributed by atoms with E-state index >= 15 is 0 Å². The van der Waals surface area contributed by atoms with E-state index in [-0.39, 0.29) is 160 Å². The first-order chi connectivity index (χ1) is 64.7. The van der Waals surface area contributed by atoms with Crippen molar-refractivity contribution in [1.29, 1.82) is 21.0 Å². The van der Waals surface area contributed by atoms with Crippen molar-refractivity contribution < 1.29 is 150 Å². The van der Waals surface area contributed by atoms with E-state index in [1.807, 2.05) is 0 Å². The number of alkyl halides is 1. The van der Waals surface area contributed by atoms with Gasteiger partial charge in [-0.2, -0.15) is 21.0 Å². The van der Waals surface area contributed by atoms with E-state index in [1.54, 1.807) is 24.3 Å². The number of carbonyl (C=O) groups excluding carboxylic acids is 14. The Morgan fingerprint density at radius 1 is 0.507 bits per heavy atom. The lowest BCUT2D eigenvalue weighted by atomic mass is 10.0. The third-order valence-corrected chi connectivity index (χ3v) is 18.5. The number of aromatic carboxylic acids is 2. The first kappa shape index (κ1) is 112. The number of phenols is 4. The minimum Gasteiger partial charge on any atom is -0.507 e. The van der Waals surface area contributed by atoms with Gasteiger partial charge in [0.15, 0.2) is 6.61 Å². The van der Waals surface area contributed by atoms with Crippen LogP contribution in [0.2, 0.25) is 0 Å². The molecule has 12 rings (SSSR count). The number of carboxylic acid groups (broad SMARTS) is 2. The maximum absolute atomic E-state index is 13.0. The predicted molar refractivity (Wildman–Crippen MR) is 464 cm³/mol. The highest BCUT2D eigenvalue weighted by Gasteiger charge is 2.48. The highest BCUT2D eigenvalue weighted by molar-refractivity contribution is 9.09. The largest absolute Gasteiger partial charge is 0.507 e. The molecule has 0 aliphatic carbocycles. The molecule has 6 aliphatic rings. The molecule has 3 saturated heterocycles. The molecule has 6 aromatic carbocycles. The Morgan fingerprint density at radius 2 is 0.919 bits per heavy atom. The van der Waals surface area contributed by atoms with Crippen LogP contribution in [0, 0.1) is 55.4 Å². The number of azide groups is 2. The van der Waals surface area contributed by atoms with Crippen LogP contribution in [0.5, 0.6) is 28.7 Å². The number of carbonyl (C=O) groups is 16. The van der Waals surface area contributed by atoms with Crippen molar-refractivity contribution in [3.05, 3.63) is 207 Å². The second-order valence-electron chi connectivity index (χ2n) is 26.8. The van der Waals surface area contributed by atoms with Crippen LogP contribution in [-0.2, 0) is 71.5 Å². The van der Waals surface area contributed by atoms with Crippen molar-refractivity contribution in [2.45, 2.75) is 56.7 Å². The van der Waals surface area contributed by atoms with E-state index in [4.69, 9.17) is 96.5 Å². The number of esters is 2. The molecule has 0 saturated carbocycles. The Morgan fingerprint density at radius 3 is 1.35 bits per heavy atom. The molecule has 51 nitrogen and oxygen atoms in total. The molecule has 136 heavy (non-hydrogen) atoms. The van der Waals surface area contributed by atoms with Gasteiger partial charge in [-0.15, -0.1) is 12.4 Å². The first-order valence-electron chi connectivity index (χ1n) is 39.4. The number of aromatic hydroxyl groups is 4. The lowest BCUT2D eigenvalue weighted by molar-refractivity contribution is -0.385. The summed E-state index contributed by atoms with van der Waals surface area (Å²) in [6.07, 6.45) is 1.06. The molecule has 0 radical (unpaired) electrons. The van der Waals surface area contributed by atoms with Gasteiger partial charge < -0.3 is 84.9 Å². The Balaban J connectivity index is 0.000000341. The summed E-state index contributed by atoms with van der Waals surface area (Å²) in [7, 11) is 0. The fraction of sp³-hybridized carbons (Fsp3) is 0.325. The summed E-state index contributed by atoms with van der Waals surface area (Å²) in [5, 5.41) is 117. The Kier molecular flexibility index (Phi) is 48.5. The SMILES string of the molecule is Cl.N#Cc1cccc(O)c1C#N.N#Cc1cccc([N+](=O)[O-])c1C#N.NC1CCC(=O)NC1=O.O=C(O)c1cccc(O)c1C(=O)O.O=C1CCC(N2C(=O)c3cccc(O)c3C2=O)C(=O)N1.O=C1OC(=O)c2c(O)cccc21.[N-]=[N+]=NCCOCCOCCOCCNC(=O)CBr.[N-]=[N+]=NCCOCCOCCOCCNC(=O)COc1cccc2c1C(=O)N(C1CCC(=O)NC1=O)C2=O. The van der Waals surface area contributed by atoms with Crippen LogP contribution < -0.4 is 37.1 Å². The number of benzene rings is 6. The van der Waals surface area contributed by atoms with Gasteiger partial charge in [-0.25, -0.2) is 19.2 Å². The van der Waals surface area contributed by atoms with Crippen molar-refractivity contribution >= 4 is 129 Å².